The second-order valence-electron chi connectivity index (χ2n) is 5.04. The van der Waals surface area contributed by atoms with E-state index >= 15 is 0 Å². The zero-order valence-electron chi connectivity index (χ0n) is 10.5. The molecule has 0 fully saturated rings. The summed E-state index contributed by atoms with van der Waals surface area (Å²) in [5.74, 6) is 0.129. The van der Waals surface area contributed by atoms with Crippen LogP contribution in [0, 0.1) is 6.92 Å². The molecule has 0 N–H and O–H groups in total. The maximum atomic E-state index is 11.7. The molecule has 0 unspecified atom stereocenters. The van der Waals surface area contributed by atoms with Crippen molar-refractivity contribution in [2.24, 2.45) is 0 Å². The van der Waals surface area contributed by atoms with Crippen LogP contribution in [-0.2, 0) is 16.0 Å². The highest BCUT2D eigenvalue weighted by Gasteiger charge is 2.13. The van der Waals surface area contributed by atoms with Crippen LogP contribution in [0.5, 0.6) is 0 Å². The topological polar surface area (TPSA) is 26.3 Å². The monoisotopic (exact) mass is 220 g/mol. The van der Waals surface area contributed by atoms with Gasteiger partial charge in [0.2, 0.25) is 0 Å². The minimum Gasteiger partial charge on any atom is -0.368 e. The zero-order chi connectivity index (χ0) is 12.2. The lowest BCUT2D eigenvalue weighted by Gasteiger charge is -2.18. The van der Waals surface area contributed by atoms with Gasteiger partial charge in [-0.05, 0) is 38.8 Å². The zero-order valence-corrected chi connectivity index (χ0v) is 10.5. The standard InChI is InChI=1S/C14H20O2/c1-11-7-5-6-8-12(11)9-13(15)10-16-14(2,3)4/h5-8H,9-10H2,1-4H3. The molecule has 0 aliphatic rings. The van der Waals surface area contributed by atoms with Crippen LogP contribution in [0.15, 0.2) is 24.3 Å². The first kappa shape index (κ1) is 12.9. The van der Waals surface area contributed by atoms with Gasteiger partial charge in [0, 0.05) is 6.42 Å². The molecule has 0 aliphatic carbocycles. The van der Waals surface area contributed by atoms with Gasteiger partial charge in [-0.1, -0.05) is 24.3 Å². The molecule has 0 aliphatic heterocycles. The molecule has 2 heteroatoms. The molecule has 16 heavy (non-hydrogen) atoms. The van der Waals surface area contributed by atoms with Crippen LogP contribution in [0.3, 0.4) is 0 Å². The quantitative estimate of drug-likeness (QED) is 0.780. The summed E-state index contributed by atoms with van der Waals surface area (Å²) in [5.41, 5.74) is 2.00. The van der Waals surface area contributed by atoms with E-state index in [1.807, 2.05) is 52.0 Å². The van der Waals surface area contributed by atoms with Crippen molar-refractivity contribution in [2.45, 2.75) is 39.7 Å². The molecule has 1 rings (SSSR count). The number of hydrogen-bond acceptors (Lipinski definition) is 2. The molecule has 0 bridgehead atoms. The number of Topliss-reactive ketones (excluding diaryl/α,β-unsaturated/α-hetero) is 1. The molecule has 1 aromatic rings. The summed E-state index contributed by atoms with van der Waals surface area (Å²) in [6.45, 7) is 8.07. The third-order valence-electron chi connectivity index (χ3n) is 2.32. The van der Waals surface area contributed by atoms with Gasteiger partial charge in [0.05, 0.1) is 5.60 Å². The third kappa shape index (κ3) is 4.58. The van der Waals surface area contributed by atoms with E-state index in [9.17, 15) is 4.79 Å². The summed E-state index contributed by atoms with van der Waals surface area (Å²) < 4.78 is 5.45. The van der Waals surface area contributed by atoms with Crippen LogP contribution in [-0.4, -0.2) is 18.0 Å². The van der Waals surface area contributed by atoms with Crippen molar-refractivity contribution < 1.29 is 9.53 Å². The van der Waals surface area contributed by atoms with Crippen molar-refractivity contribution >= 4 is 5.78 Å². The minimum atomic E-state index is -0.249. The average Bonchev–Trinajstić information content (AvgIpc) is 2.18. The first-order chi connectivity index (χ1) is 7.38. The Labute approximate surface area is 97.6 Å². The first-order valence-electron chi connectivity index (χ1n) is 5.58. The van der Waals surface area contributed by atoms with E-state index in [2.05, 4.69) is 0 Å². The Morgan fingerprint density at radius 2 is 1.88 bits per heavy atom. The summed E-state index contributed by atoms with van der Waals surface area (Å²) in [6.07, 6.45) is 0.461. The fourth-order valence-corrected chi connectivity index (χ4v) is 1.37. The molecular formula is C14H20O2. The summed E-state index contributed by atoms with van der Waals surface area (Å²) in [6, 6.07) is 7.95. The third-order valence-corrected chi connectivity index (χ3v) is 2.32. The van der Waals surface area contributed by atoms with E-state index in [0.29, 0.717) is 6.42 Å². The summed E-state index contributed by atoms with van der Waals surface area (Å²) >= 11 is 0. The lowest BCUT2D eigenvalue weighted by atomic mass is 10.0. The predicted molar refractivity (Wildman–Crippen MR) is 65.6 cm³/mol. The molecule has 0 radical (unpaired) electrons. The second kappa shape index (κ2) is 5.26. The van der Waals surface area contributed by atoms with Crippen LogP contribution >= 0.6 is 0 Å². The summed E-state index contributed by atoms with van der Waals surface area (Å²) in [7, 11) is 0. The maximum Gasteiger partial charge on any atom is 0.162 e. The first-order valence-corrected chi connectivity index (χ1v) is 5.58. The Bertz CT molecular complexity index is 361. The maximum absolute atomic E-state index is 11.7. The van der Waals surface area contributed by atoms with E-state index in [1.165, 1.54) is 0 Å². The minimum absolute atomic E-state index is 0.129. The van der Waals surface area contributed by atoms with E-state index in [4.69, 9.17) is 4.74 Å². The molecular weight excluding hydrogens is 200 g/mol. The van der Waals surface area contributed by atoms with E-state index in [0.717, 1.165) is 11.1 Å². The van der Waals surface area contributed by atoms with Crippen LogP contribution in [0.1, 0.15) is 31.9 Å². The predicted octanol–water partition coefficient (Wildman–Crippen LogP) is 2.92. The normalized spacial score (nSPS) is 11.5. The lowest BCUT2D eigenvalue weighted by molar-refractivity contribution is -0.127. The number of aryl methyl sites for hydroxylation is 1. The molecule has 0 spiro atoms. The van der Waals surface area contributed by atoms with Crippen molar-refractivity contribution in [1.82, 2.24) is 0 Å². The Morgan fingerprint density at radius 1 is 1.25 bits per heavy atom. The van der Waals surface area contributed by atoms with Crippen LogP contribution in [0.25, 0.3) is 0 Å². The lowest BCUT2D eigenvalue weighted by Crippen LogP contribution is -2.24. The highest BCUT2D eigenvalue weighted by molar-refractivity contribution is 5.82. The van der Waals surface area contributed by atoms with Gasteiger partial charge in [-0.3, -0.25) is 4.79 Å². The second-order valence-corrected chi connectivity index (χ2v) is 5.04. The molecule has 0 atom stereocenters. The van der Waals surface area contributed by atoms with Gasteiger partial charge < -0.3 is 4.74 Å². The Kier molecular flexibility index (Phi) is 4.25. The molecule has 0 saturated carbocycles. The van der Waals surface area contributed by atoms with Gasteiger partial charge in [-0.2, -0.15) is 0 Å². The average molecular weight is 220 g/mol. The van der Waals surface area contributed by atoms with Crippen molar-refractivity contribution in [3.63, 3.8) is 0 Å². The van der Waals surface area contributed by atoms with Crippen molar-refractivity contribution in [3.05, 3.63) is 35.4 Å². The largest absolute Gasteiger partial charge is 0.368 e. The highest BCUT2D eigenvalue weighted by atomic mass is 16.5. The van der Waals surface area contributed by atoms with Crippen molar-refractivity contribution in [3.8, 4) is 0 Å². The fourth-order valence-electron chi connectivity index (χ4n) is 1.37. The summed E-state index contributed by atoms with van der Waals surface area (Å²) in [4.78, 5) is 11.7. The van der Waals surface area contributed by atoms with Gasteiger partial charge in [0.1, 0.15) is 6.61 Å². The van der Waals surface area contributed by atoms with Gasteiger partial charge in [0.25, 0.3) is 0 Å². The smallest absolute Gasteiger partial charge is 0.162 e. The number of ether oxygens (including phenoxy) is 1. The molecule has 2 nitrogen and oxygen atoms in total. The van der Waals surface area contributed by atoms with E-state index < -0.39 is 0 Å². The van der Waals surface area contributed by atoms with E-state index in [-0.39, 0.29) is 18.0 Å². The number of hydrogen-bond donors (Lipinski definition) is 0. The molecule has 0 amide bonds. The van der Waals surface area contributed by atoms with Gasteiger partial charge in [-0.25, -0.2) is 0 Å². The Hall–Kier alpha value is -1.15. The molecule has 0 heterocycles. The SMILES string of the molecule is Cc1ccccc1CC(=O)COC(C)(C)C. The summed E-state index contributed by atoms with van der Waals surface area (Å²) in [5, 5.41) is 0. The molecule has 88 valence electrons. The molecule has 1 aromatic carbocycles. The Morgan fingerprint density at radius 3 is 2.44 bits per heavy atom. The highest BCUT2D eigenvalue weighted by Crippen LogP contribution is 2.10. The van der Waals surface area contributed by atoms with Crippen molar-refractivity contribution in [1.29, 1.82) is 0 Å². The fraction of sp³-hybridized carbons (Fsp3) is 0.500. The number of ketones is 1. The number of rotatable bonds is 4. The van der Waals surface area contributed by atoms with E-state index in [1.54, 1.807) is 0 Å². The molecule has 0 aromatic heterocycles. The molecule has 0 saturated heterocycles. The van der Waals surface area contributed by atoms with Gasteiger partial charge >= 0.3 is 0 Å². The number of carbonyl (C=O) groups is 1. The Balaban J connectivity index is 2.50. The number of carbonyl (C=O) groups excluding carboxylic acids is 1. The van der Waals surface area contributed by atoms with Crippen LogP contribution in [0.4, 0.5) is 0 Å². The number of benzene rings is 1. The van der Waals surface area contributed by atoms with Crippen LogP contribution in [0.2, 0.25) is 0 Å². The van der Waals surface area contributed by atoms with Gasteiger partial charge in [-0.15, -0.1) is 0 Å². The van der Waals surface area contributed by atoms with Gasteiger partial charge in [0.15, 0.2) is 5.78 Å². The van der Waals surface area contributed by atoms with Crippen molar-refractivity contribution in [2.75, 3.05) is 6.61 Å². The van der Waals surface area contributed by atoms with Crippen LogP contribution < -0.4 is 0 Å².